The number of hydrogen-bond acceptors (Lipinski definition) is 3. The highest BCUT2D eigenvalue weighted by Crippen LogP contribution is 2.36. The van der Waals surface area contributed by atoms with E-state index in [9.17, 15) is 14.7 Å². The lowest BCUT2D eigenvalue weighted by molar-refractivity contribution is -0.131. The topological polar surface area (TPSA) is 74.6 Å². The van der Waals surface area contributed by atoms with E-state index in [1.165, 1.54) is 0 Å². The molecule has 0 unspecified atom stereocenters. The van der Waals surface area contributed by atoms with Gasteiger partial charge in [0.2, 0.25) is 0 Å². The van der Waals surface area contributed by atoms with Crippen LogP contribution in [-0.2, 0) is 17.6 Å². The fraction of sp³-hybridized carbons (Fsp3) is 0.429. The van der Waals surface area contributed by atoms with Crippen molar-refractivity contribution in [2.75, 3.05) is 0 Å². The van der Waals surface area contributed by atoms with Crippen LogP contribution in [0.4, 0.5) is 0 Å². The summed E-state index contributed by atoms with van der Waals surface area (Å²) < 4.78 is 0. The van der Waals surface area contributed by atoms with Gasteiger partial charge in [-0.25, -0.2) is 4.79 Å². The smallest absolute Gasteiger partial charge is 0.377 e. The highest BCUT2D eigenvalue weighted by molar-refractivity contribution is 6.41. The summed E-state index contributed by atoms with van der Waals surface area (Å²) >= 11 is 0. The molecule has 0 spiro atoms. The van der Waals surface area contributed by atoms with Crippen LogP contribution < -0.4 is 0 Å². The monoisotopic (exact) mass is 248 g/mol. The molecule has 0 radical (unpaired) electrons. The number of carbonyl (C=O) groups excluding carboxylic acids is 1. The highest BCUT2D eigenvalue weighted by Gasteiger charge is 2.27. The van der Waals surface area contributed by atoms with E-state index in [1.807, 2.05) is 0 Å². The Morgan fingerprint density at radius 1 is 1.00 bits per heavy atom. The van der Waals surface area contributed by atoms with E-state index in [0.717, 1.165) is 36.8 Å². The molecule has 0 atom stereocenters. The number of carboxylic acid groups (broad SMARTS) is 1. The van der Waals surface area contributed by atoms with Gasteiger partial charge in [-0.05, 0) is 61.8 Å². The van der Waals surface area contributed by atoms with Crippen LogP contribution in [0.1, 0.15) is 45.5 Å². The van der Waals surface area contributed by atoms with Crippen molar-refractivity contribution in [3.63, 3.8) is 0 Å². The van der Waals surface area contributed by atoms with Gasteiger partial charge in [-0.15, -0.1) is 0 Å². The summed E-state index contributed by atoms with van der Waals surface area (Å²) in [7, 11) is 0. The molecule has 4 nitrogen and oxygen atoms in total. The highest BCUT2D eigenvalue weighted by atomic mass is 16.4. The fourth-order valence-corrected chi connectivity index (χ4v) is 2.78. The Kier molecular flexibility index (Phi) is 3.11. The molecule has 0 aliphatic heterocycles. The maximum atomic E-state index is 11.7. The molecule has 1 aromatic carbocycles. The fourth-order valence-electron chi connectivity index (χ4n) is 2.78. The Morgan fingerprint density at radius 2 is 1.50 bits per heavy atom. The molecule has 2 rings (SSSR count). The maximum Gasteiger partial charge on any atom is 0.377 e. The molecule has 4 heteroatoms. The molecular weight excluding hydrogens is 232 g/mol. The van der Waals surface area contributed by atoms with E-state index in [2.05, 4.69) is 0 Å². The van der Waals surface area contributed by atoms with Gasteiger partial charge < -0.3 is 10.2 Å². The number of hydrogen-bond donors (Lipinski definition) is 2. The van der Waals surface area contributed by atoms with Crippen molar-refractivity contribution >= 4 is 11.8 Å². The van der Waals surface area contributed by atoms with Gasteiger partial charge in [-0.1, -0.05) is 0 Å². The zero-order valence-corrected chi connectivity index (χ0v) is 10.5. The van der Waals surface area contributed by atoms with E-state index in [4.69, 9.17) is 5.11 Å². The standard InChI is InChI=1S/C14H16O4/c1-7-9-5-3-4-6-10(9)8(2)12(15)11(7)13(16)14(17)18/h15H,3-6H2,1-2H3,(H,17,18). The van der Waals surface area contributed by atoms with Gasteiger partial charge in [-0.3, -0.25) is 4.79 Å². The molecule has 0 aromatic heterocycles. The van der Waals surface area contributed by atoms with Crippen molar-refractivity contribution in [3.05, 3.63) is 27.8 Å². The average molecular weight is 248 g/mol. The number of Topliss-reactive ketones (excluding diaryl/α,β-unsaturated/α-hetero) is 1. The molecule has 18 heavy (non-hydrogen) atoms. The van der Waals surface area contributed by atoms with Crippen LogP contribution >= 0.6 is 0 Å². The minimum absolute atomic E-state index is 0.0411. The number of phenolic OH excluding ortho intramolecular Hbond substituents is 1. The van der Waals surface area contributed by atoms with E-state index >= 15 is 0 Å². The van der Waals surface area contributed by atoms with Crippen LogP contribution in [0.15, 0.2) is 0 Å². The third kappa shape index (κ3) is 1.78. The predicted octanol–water partition coefficient (Wildman–Crippen LogP) is 2.16. The Balaban J connectivity index is 2.72. The molecule has 0 amide bonds. The largest absolute Gasteiger partial charge is 0.507 e. The van der Waals surface area contributed by atoms with Crippen LogP contribution in [0.2, 0.25) is 0 Å². The lowest BCUT2D eigenvalue weighted by atomic mass is 9.82. The molecule has 0 saturated heterocycles. The normalized spacial score (nSPS) is 14.1. The van der Waals surface area contributed by atoms with E-state index < -0.39 is 11.8 Å². The van der Waals surface area contributed by atoms with Gasteiger partial charge in [0, 0.05) is 0 Å². The van der Waals surface area contributed by atoms with Crippen LogP contribution in [-0.4, -0.2) is 22.0 Å². The number of carbonyl (C=O) groups is 2. The maximum absolute atomic E-state index is 11.7. The number of rotatable bonds is 2. The Morgan fingerprint density at radius 3 is 2.00 bits per heavy atom. The lowest BCUT2D eigenvalue weighted by Gasteiger charge is -2.23. The summed E-state index contributed by atoms with van der Waals surface area (Å²) in [6, 6.07) is 0. The van der Waals surface area contributed by atoms with Crippen LogP contribution in [0.5, 0.6) is 5.75 Å². The van der Waals surface area contributed by atoms with Crippen LogP contribution in [0.3, 0.4) is 0 Å². The first-order chi connectivity index (χ1) is 8.45. The van der Waals surface area contributed by atoms with Gasteiger partial charge >= 0.3 is 5.97 Å². The van der Waals surface area contributed by atoms with Crippen molar-refractivity contribution in [1.29, 1.82) is 0 Å². The van der Waals surface area contributed by atoms with Gasteiger partial charge in [0.25, 0.3) is 5.78 Å². The second kappa shape index (κ2) is 4.44. The zero-order chi connectivity index (χ0) is 13.4. The molecule has 1 aromatic rings. The molecule has 96 valence electrons. The quantitative estimate of drug-likeness (QED) is 0.621. The SMILES string of the molecule is Cc1c(O)c(C(=O)C(=O)O)c(C)c2c1CCCC2. The summed E-state index contributed by atoms with van der Waals surface area (Å²) in [6.07, 6.45) is 3.84. The van der Waals surface area contributed by atoms with Crippen molar-refractivity contribution in [2.24, 2.45) is 0 Å². The number of phenols is 1. The molecule has 1 aliphatic rings. The zero-order valence-electron chi connectivity index (χ0n) is 10.5. The van der Waals surface area contributed by atoms with E-state index in [1.54, 1.807) is 13.8 Å². The number of benzene rings is 1. The summed E-state index contributed by atoms with van der Waals surface area (Å²) in [4.78, 5) is 22.5. The van der Waals surface area contributed by atoms with Gasteiger partial charge in [0.1, 0.15) is 5.75 Å². The van der Waals surface area contributed by atoms with Gasteiger partial charge in [-0.2, -0.15) is 0 Å². The summed E-state index contributed by atoms with van der Waals surface area (Å²) in [5.74, 6) is -2.72. The van der Waals surface area contributed by atoms with E-state index in [0.29, 0.717) is 11.1 Å². The van der Waals surface area contributed by atoms with Crippen molar-refractivity contribution in [1.82, 2.24) is 0 Å². The summed E-state index contributed by atoms with van der Waals surface area (Å²) in [5.41, 5.74) is 3.36. The van der Waals surface area contributed by atoms with Crippen molar-refractivity contribution < 1.29 is 19.8 Å². The predicted molar refractivity (Wildman–Crippen MR) is 66.2 cm³/mol. The first kappa shape index (κ1) is 12.6. The number of aliphatic carboxylic acids is 1. The third-order valence-corrected chi connectivity index (χ3v) is 3.76. The van der Waals surface area contributed by atoms with Crippen molar-refractivity contribution in [2.45, 2.75) is 39.5 Å². The Labute approximate surface area is 105 Å². The Bertz CT molecular complexity index is 543. The number of carboxylic acids is 1. The van der Waals surface area contributed by atoms with E-state index in [-0.39, 0.29) is 11.3 Å². The molecule has 2 N–H and O–H groups in total. The minimum Gasteiger partial charge on any atom is -0.507 e. The molecule has 0 fully saturated rings. The van der Waals surface area contributed by atoms with Crippen molar-refractivity contribution in [3.8, 4) is 5.75 Å². The number of ketones is 1. The number of fused-ring (bicyclic) bond motifs is 1. The van der Waals surface area contributed by atoms with Crippen LogP contribution in [0, 0.1) is 13.8 Å². The van der Waals surface area contributed by atoms with Gasteiger partial charge in [0.15, 0.2) is 0 Å². The summed E-state index contributed by atoms with van der Waals surface area (Å²) in [6.45, 7) is 3.47. The molecule has 0 bridgehead atoms. The average Bonchev–Trinajstić information content (AvgIpc) is 2.36. The first-order valence-electron chi connectivity index (χ1n) is 6.06. The molecule has 1 aliphatic carbocycles. The van der Waals surface area contributed by atoms with Gasteiger partial charge in [0.05, 0.1) is 5.56 Å². The second-order valence-electron chi connectivity index (χ2n) is 4.77. The summed E-state index contributed by atoms with van der Waals surface area (Å²) in [5, 5.41) is 18.9. The first-order valence-corrected chi connectivity index (χ1v) is 6.06. The second-order valence-corrected chi connectivity index (χ2v) is 4.77. The van der Waals surface area contributed by atoms with Crippen LogP contribution in [0.25, 0.3) is 0 Å². The molecule has 0 saturated carbocycles. The minimum atomic E-state index is -1.52. The third-order valence-electron chi connectivity index (χ3n) is 3.76. The lowest BCUT2D eigenvalue weighted by Crippen LogP contribution is -2.18. The molecule has 0 heterocycles. The molecular formula is C14H16O4. The Hall–Kier alpha value is -1.84. The number of aromatic hydroxyl groups is 1.